The molecule has 0 aliphatic carbocycles. The molecule has 0 saturated carbocycles. The highest BCUT2D eigenvalue weighted by molar-refractivity contribution is 6.30. The summed E-state index contributed by atoms with van der Waals surface area (Å²) in [5, 5.41) is 9.79. The Morgan fingerprint density at radius 2 is 2.05 bits per heavy atom. The molecular weight excluding hydrogens is 516 g/mol. The molecule has 38 heavy (non-hydrogen) atoms. The molecule has 204 valence electrons. The lowest BCUT2D eigenvalue weighted by molar-refractivity contribution is -0.169. The molecule has 2 aromatic carbocycles. The van der Waals surface area contributed by atoms with Gasteiger partial charge in [-0.25, -0.2) is 13.6 Å². The minimum absolute atomic E-state index is 0.0271. The predicted octanol–water partition coefficient (Wildman–Crippen LogP) is 6.74. The van der Waals surface area contributed by atoms with E-state index in [1.807, 2.05) is 13.8 Å². The van der Waals surface area contributed by atoms with Crippen LogP contribution in [-0.4, -0.2) is 35.1 Å². The van der Waals surface area contributed by atoms with Gasteiger partial charge in [-0.15, -0.1) is 0 Å². The van der Waals surface area contributed by atoms with Gasteiger partial charge in [-0.1, -0.05) is 44.0 Å². The summed E-state index contributed by atoms with van der Waals surface area (Å²) in [6.45, 7) is 4.90. The van der Waals surface area contributed by atoms with Crippen LogP contribution in [0.3, 0.4) is 0 Å². The molecule has 2 heterocycles. The number of halogens is 3. The van der Waals surface area contributed by atoms with E-state index in [0.717, 1.165) is 32.1 Å². The van der Waals surface area contributed by atoms with Crippen LogP contribution in [0.5, 0.6) is 0 Å². The summed E-state index contributed by atoms with van der Waals surface area (Å²) in [4.78, 5) is 25.3. The number of aromatic carboxylic acids is 1. The van der Waals surface area contributed by atoms with Gasteiger partial charge in [0.25, 0.3) is 0 Å². The molecule has 3 atom stereocenters. The van der Waals surface area contributed by atoms with Crippen LogP contribution in [0.4, 0.5) is 8.78 Å². The number of ether oxygens (including phenoxy) is 2. The van der Waals surface area contributed by atoms with E-state index >= 15 is 4.39 Å². The van der Waals surface area contributed by atoms with Crippen LogP contribution in [0.2, 0.25) is 5.02 Å². The summed E-state index contributed by atoms with van der Waals surface area (Å²) in [7, 11) is 0. The molecule has 1 aliphatic rings. The smallest absolute Gasteiger partial charge is 0.341 e. The molecular formula is C29H32ClF2NO5. The number of pyridine rings is 1. The summed E-state index contributed by atoms with van der Waals surface area (Å²) in [5.41, 5.74) is -0.661. The Morgan fingerprint density at radius 3 is 2.74 bits per heavy atom. The van der Waals surface area contributed by atoms with Gasteiger partial charge in [0.1, 0.15) is 17.2 Å². The Hall–Kier alpha value is -2.81. The number of carbonyl (C=O) groups is 1. The molecule has 1 fully saturated rings. The number of nitrogens with zero attached hydrogens (tertiary/aromatic N) is 1. The third kappa shape index (κ3) is 6.08. The number of hydrogen-bond donors (Lipinski definition) is 1. The maximum atomic E-state index is 15.5. The molecule has 4 rings (SSSR count). The van der Waals surface area contributed by atoms with Crippen molar-refractivity contribution in [2.75, 3.05) is 13.2 Å². The van der Waals surface area contributed by atoms with E-state index in [4.69, 9.17) is 21.1 Å². The fraction of sp³-hybridized carbons (Fsp3) is 0.448. The van der Waals surface area contributed by atoms with Crippen molar-refractivity contribution in [2.45, 2.75) is 64.7 Å². The number of fused-ring (bicyclic) bond motifs is 1. The van der Waals surface area contributed by atoms with E-state index in [1.54, 1.807) is 10.6 Å². The summed E-state index contributed by atoms with van der Waals surface area (Å²) in [6, 6.07) is 6.62. The number of carboxylic acids is 1. The summed E-state index contributed by atoms with van der Waals surface area (Å²) >= 11 is 5.88. The summed E-state index contributed by atoms with van der Waals surface area (Å²) in [5.74, 6) is -2.65. The van der Waals surface area contributed by atoms with Crippen molar-refractivity contribution in [2.24, 2.45) is 5.92 Å². The van der Waals surface area contributed by atoms with Crippen LogP contribution in [0.25, 0.3) is 10.9 Å². The van der Waals surface area contributed by atoms with Gasteiger partial charge in [-0.2, -0.15) is 0 Å². The van der Waals surface area contributed by atoms with Gasteiger partial charge in [-0.05, 0) is 60.9 Å². The van der Waals surface area contributed by atoms with Crippen LogP contribution in [-0.2, 0) is 15.9 Å². The van der Waals surface area contributed by atoms with E-state index in [-0.39, 0.29) is 58.3 Å². The van der Waals surface area contributed by atoms with Crippen molar-refractivity contribution in [3.05, 3.63) is 80.1 Å². The zero-order chi connectivity index (χ0) is 27.4. The Morgan fingerprint density at radius 1 is 1.26 bits per heavy atom. The second kappa shape index (κ2) is 12.4. The number of benzene rings is 2. The maximum absolute atomic E-state index is 15.5. The van der Waals surface area contributed by atoms with Crippen LogP contribution >= 0.6 is 11.6 Å². The van der Waals surface area contributed by atoms with Crippen molar-refractivity contribution in [1.82, 2.24) is 4.57 Å². The first kappa shape index (κ1) is 28.2. The third-order valence-electron chi connectivity index (χ3n) is 7.19. The lowest BCUT2D eigenvalue weighted by Gasteiger charge is -2.31. The van der Waals surface area contributed by atoms with Crippen molar-refractivity contribution >= 4 is 28.5 Å². The molecule has 2 unspecified atom stereocenters. The van der Waals surface area contributed by atoms with Crippen molar-refractivity contribution in [1.29, 1.82) is 0 Å². The van der Waals surface area contributed by atoms with Crippen LogP contribution in [0, 0.1) is 17.6 Å². The van der Waals surface area contributed by atoms with Gasteiger partial charge in [0.05, 0.1) is 23.2 Å². The molecule has 0 spiro atoms. The first-order valence-corrected chi connectivity index (χ1v) is 13.4. The van der Waals surface area contributed by atoms with Crippen LogP contribution in [0.1, 0.15) is 73.5 Å². The zero-order valence-corrected chi connectivity index (χ0v) is 22.3. The molecule has 9 heteroatoms. The fourth-order valence-electron chi connectivity index (χ4n) is 5.08. The first-order chi connectivity index (χ1) is 18.2. The molecule has 0 amide bonds. The fourth-order valence-corrected chi connectivity index (χ4v) is 5.28. The standard InChI is InChI=1S/C29H32ClF2NO5/c1-3-7-17(2)25(16-38-26-10-4-5-11-37-26)33-15-21(29(35)36)28(34)20-13-19(23(31)14-24(20)33)12-18-8-6-9-22(30)27(18)32/h6,8-9,13-15,17,25-26H,3-5,7,10-12,16H2,1-2H3,(H,35,36)/t17-,25?,26?/m0/s1. The zero-order valence-electron chi connectivity index (χ0n) is 21.5. The van der Waals surface area contributed by atoms with Gasteiger partial charge in [0.2, 0.25) is 5.43 Å². The highest BCUT2D eigenvalue weighted by Crippen LogP contribution is 2.30. The van der Waals surface area contributed by atoms with Gasteiger partial charge in [0.15, 0.2) is 6.29 Å². The number of aromatic nitrogens is 1. The predicted molar refractivity (Wildman–Crippen MR) is 142 cm³/mol. The maximum Gasteiger partial charge on any atom is 0.341 e. The highest BCUT2D eigenvalue weighted by Gasteiger charge is 2.26. The van der Waals surface area contributed by atoms with Crippen molar-refractivity contribution < 1.29 is 28.2 Å². The van der Waals surface area contributed by atoms with E-state index in [0.29, 0.717) is 6.61 Å². The minimum atomic E-state index is -1.38. The molecule has 0 radical (unpaired) electrons. The van der Waals surface area contributed by atoms with E-state index in [2.05, 4.69) is 0 Å². The lowest BCUT2D eigenvalue weighted by atomic mass is 9.95. The quantitative estimate of drug-likeness (QED) is 0.304. The average molecular weight is 548 g/mol. The SMILES string of the molecule is CCC[C@H](C)C(COC1CCCCO1)n1cc(C(=O)O)c(=O)c2cc(Cc3cccc(Cl)c3F)c(F)cc21. The van der Waals surface area contributed by atoms with Crippen molar-refractivity contribution in [3.8, 4) is 0 Å². The number of carboxylic acid groups (broad SMARTS) is 1. The van der Waals surface area contributed by atoms with Gasteiger partial charge in [-0.3, -0.25) is 4.79 Å². The second-order valence-electron chi connectivity index (χ2n) is 9.90. The van der Waals surface area contributed by atoms with Gasteiger partial charge in [0, 0.05) is 24.6 Å². The largest absolute Gasteiger partial charge is 0.477 e. The Bertz CT molecular complexity index is 1370. The molecule has 0 bridgehead atoms. The Balaban J connectivity index is 1.83. The minimum Gasteiger partial charge on any atom is -0.477 e. The highest BCUT2D eigenvalue weighted by atomic mass is 35.5. The summed E-state index contributed by atoms with van der Waals surface area (Å²) < 4.78 is 43.4. The van der Waals surface area contributed by atoms with Gasteiger partial charge >= 0.3 is 5.97 Å². The molecule has 6 nitrogen and oxygen atoms in total. The number of rotatable bonds is 10. The van der Waals surface area contributed by atoms with E-state index in [1.165, 1.54) is 30.5 Å². The van der Waals surface area contributed by atoms with E-state index in [9.17, 15) is 19.1 Å². The molecule has 1 saturated heterocycles. The normalized spacial score (nSPS) is 17.4. The summed E-state index contributed by atoms with van der Waals surface area (Å²) in [6.07, 6.45) is 5.19. The first-order valence-electron chi connectivity index (χ1n) is 13.0. The Labute approximate surface area is 225 Å². The van der Waals surface area contributed by atoms with Gasteiger partial charge < -0.3 is 19.1 Å². The number of hydrogen-bond acceptors (Lipinski definition) is 4. The third-order valence-corrected chi connectivity index (χ3v) is 7.48. The molecule has 1 aliphatic heterocycles. The van der Waals surface area contributed by atoms with E-state index < -0.39 is 28.6 Å². The molecule has 3 aromatic rings. The van der Waals surface area contributed by atoms with Crippen LogP contribution < -0.4 is 5.43 Å². The average Bonchev–Trinajstić information content (AvgIpc) is 2.89. The van der Waals surface area contributed by atoms with Crippen LogP contribution in [0.15, 0.2) is 41.3 Å². The Kier molecular flexibility index (Phi) is 9.18. The molecule has 1 aromatic heterocycles. The lowest BCUT2D eigenvalue weighted by Crippen LogP contribution is -2.30. The topological polar surface area (TPSA) is 77.8 Å². The van der Waals surface area contributed by atoms with Crippen molar-refractivity contribution in [3.63, 3.8) is 0 Å². The monoisotopic (exact) mass is 547 g/mol. The second-order valence-corrected chi connectivity index (χ2v) is 10.3. The molecule has 1 N–H and O–H groups in total.